The fourth-order valence-electron chi connectivity index (χ4n) is 3.74. The minimum absolute atomic E-state index is 0.0335. The minimum Gasteiger partial charge on any atom is -0.616 e. The molecule has 1 saturated carbocycles. The minimum atomic E-state index is -0.955. The fraction of sp³-hybridized carbons (Fsp3) is 0.579. The third-order valence-corrected chi connectivity index (χ3v) is 6.94. The van der Waals surface area contributed by atoms with Gasteiger partial charge in [0, 0.05) is 18.1 Å². The van der Waals surface area contributed by atoms with Crippen LogP contribution < -0.4 is 15.1 Å². The number of ether oxygens (including phenoxy) is 1. The van der Waals surface area contributed by atoms with E-state index in [4.69, 9.17) is 4.74 Å². The van der Waals surface area contributed by atoms with Crippen molar-refractivity contribution in [1.82, 2.24) is 5.32 Å². The van der Waals surface area contributed by atoms with Crippen LogP contribution in [0.25, 0.3) is 0 Å². The number of halogens is 2. The van der Waals surface area contributed by atoms with Crippen molar-refractivity contribution in [3.63, 3.8) is 0 Å². The van der Waals surface area contributed by atoms with Gasteiger partial charge in [0.25, 0.3) is 0 Å². The first-order valence-electron chi connectivity index (χ1n) is 9.77. The van der Waals surface area contributed by atoms with E-state index in [1.54, 1.807) is 0 Å². The van der Waals surface area contributed by atoms with Crippen molar-refractivity contribution in [3.8, 4) is 0 Å². The van der Waals surface area contributed by atoms with Gasteiger partial charge in [-0.25, -0.2) is 13.6 Å². The number of anilines is 2. The maximum absolute atomic E-state index is 14.7. The number of cyclic esters (lactones) is 1. The van der Waals surface area contributed by atoms with Gasteiger partial charge < -0.3 is 19.5 Å². The van der Waals surface area contributed by atoms with Crippen molar-refractivity contribution in [2.75, 3.05) is 47.5 Å². The number of nitrogens with one attached hydrogen (secondary N) is 1. The van der Waals surface area contributed by atoms with Crippen LogP contribution in [0, 0.1) is 17.6 Å². The molecule has 1 N–H and O–H groups in total. The molecule has 4 rings (SSSR count). The Kier molecular flexibility index (Phi) is 5.82. The van der Waals surface area contributed by atoms with E-state index in [1.807, 2.05) is 0 Å². The summed E-state index contributed by atoms with van der Waals surface area (Å²) in [6, 6.07) is 2.22. The van der Waals surface area contributed by atoms with Crippen LogP contribution in [-0.2, 0) is 20.7 Å². The second kappa shape index (κ2) is 8.35. The molecule has 7 nitrogen and oxygen atoms in total. The number of carbonyl (C=O) groups is 2. The topological polar surface area (TPSA) is 84.9 Å². The number of amides is 2. The lowest BCUT2D eigenvalue weighted by Crippen LogP contribution is -2.41. The van der Waals surface area contributed by atoms with E-state index < -0.39 is 35.0 Å². The van der Waals surface area contributed by atoms with Gasteiger partial charge in [0.2, 0.25) is 5.91 Å². The van der Waals surface area contributed by atoms with Gasteiger partial charge in [0.1, 0.15) is 23.3 Å². The summed E-state index contributed by atoms with van der Waals surface area (Å²) in [5.41, 5.74) is -0.0931. The molecule has 3 fully saturated rings. The van der Waals surface area contributed by atoms with E-state index in [1.165, 1.54) is 9.80 Å². The lowest BCUT2D eigenvalue weighted by Gasteiger charge is -2.30. The molecule has 1 aromatic rings. The SMILES string of the molecule is O=C(NC[C@H]1CN(c2cc(F)c(N3CC[S+]([O-])CC3)c(F)c2)C(=O)O1)C1CCC1. The number of benzene rings is 1. The van der Waals surface area contributed by atoms with Crippen LogP contribution in [0.4, 0.5) is 25.0 Å². The van der Waals surface area contributed by atoms with Crippen LogP contribution in [-0.4, -0.2) is 60.3 Å². The van der Waals surface area contributed by atoms with Crippen LogP contribution in [0.1, 0.15) is 19.3 Å². The van der Waals surface area contributed by atoms with Gasteiger partial charge in [-0.1, -0.05) is 17.6 Å². The molecule has 29 heavy (non-hydrogen) atoms. The maximum Gasteiger partial charge on any atom is 0.414 e. The zero-order chi connectivity index (χ0) is 20.5. The molecular formula is C19H23F2N3O4S. The molecule has 1 aliphatic carbocycles. The van der Waals surface area contributed by atoms with Gasteiger partial charge in [-0.3, -0.25) is 9.69 Å². The predicted octanol–water partition coefficient (Wildman–Crippen LogP) is 1.77. The molecule has 0 aromatic heterocycles. The average molecular weight is 427 g/mol. The van der Waals surface area contributed by atoms with Crippen LogP contribution >= 0.6 is 0 Å². The molecule has 0 radical (unpaired) electrons. The number of hydrogen-bond donors (Lipinski definition) is 1. The molecule has 3 aliphatic rings. The largest absolute Gasteiger partial charge is 0.616 e. The first-order chi connectivity index (χ1) is 13.9. The van der Waals surface area contributed by atoms with E-state index in [-0.39, 0.29) is 36.3 Å². The van der Waals surface area contributed by atoms with E-state index >= 15 is 0 Å². The molecule has 1 aromatic carbocycles. The van der Waals surface area contributed by atoms with Crippen molar-refractivity contribution < 1.29 is 27.7 Å². The Morgan fingerprint density at radius 2 is 1.90 bits per heavy atom. The first kappa shape index (κ1) is 20.2. The summed E-state index contributed by atoms with van der Waals surface area (Å²) in [7, 11) is 0. The lowest BCUT2D eigenvalue weighted by molar-refractivity contribution is -0.127. The highest BCUT2D eigenvalue weighted by Crippen LogP contribution is 2.32. The Balaban J connectivity index is 1.41. The fourth-order valence-corrected chi connectivity index (χ4v) is 4.79. The highest BCUT2D eigenvalue weighted by Gasteiger charge is 2.35. The first-order valence-corrected chi connectivity index (χ1v) is 11.3. The highest BCUT2D eigenvalue weighted by molar-refractivity contribution is 7.91. The zero-order valence-corrected chi connectivity index (χ0v) is 16.7. The maximum atomic E-state index is 14.7. The second-order valence-corrected chi connectivity index (χ2v) is 9.28. The van der Waals surface area contributed by atoms with Crippen LogP contribution in [0.5, 0.6) is 0 Å². The third kappa shape index (κ3) is 4.28. The van der Waals surface area contributed by atoms with Crippen LogP contribution in [0.15, 0.2) is 12.1 Å². The van der Waals surface area contributed by atoms with Gasteiger partial charge in [0.15, 0.2) is 11.6 Å². The zero-order valence-electron chi connectivity index (χ0n) is 15.9. The smallest absolute Gasteiger partial charge is 0.414 e. The molecule has 2 heterocycles. The Hall–Kier alpha value is -2.07. The Bertz CT molecular complexity index is 777. The Labute approximate surface area is 170 Å². The summed E-state index contributed by atoms with van der Waals surface area (Å²) in [6.07, 6.45) is 1.52. The molecule has 10 heteroatoms. The van der Waals surface area contributed by atoms with Crippen LogP contribution in [0.2, 0.25) is 0 Å². The molecule has 0 unspecified atom stereocenters. The average Bonchev–Trinajstić information content (AvgIpc) is 3.00. The molecular weight excluding hydrogens is 404 g/mol. The van der Waals surface area contributed by atoms with Crippen LogP contribution in [0.3, 0.4) is 0 Å². The predicted molar refractivity (Wildman–Crippen MR) is 104 cm³/mol. The van der Waals surface area contributed by atoms with Crippen molar-refractivity contribution in [2.24, 2.45) is 5.92 Å². The summed E-state index contributed by atoms with van der Waals surface area (Å²) in [5, 5.41) is 2.78. The molecule has 1 atom stereocenters. The van der Waals surface area contributed by atoms with Gasteiger partial charge >= 0.3 is 6.09 Å². The second-order valence-electron chi connectivity index (χ2n) is 7.58. The van der Waals surface area contributed by atoms with Crippen molar-refractivity contribution in [2.45, 2.75) is 25.4 Å². The number of hydrogen-bond acceptors (Lipinski definition) is 5. The summed E-state index contributed by atoms with van der Waals surface area (Å²) in [4.78, 5) is 26.8. The molecule has 158 valence electrons. The van der Waals surface area contributed by atoms with E-state index in [9.17, 15) is 22.9 Å². The van der Waals surface area contributed by atoms with E-state index in [0.29, 0.717) is 24.6 Å². The lowest BCUT2D eigenvalue weighted by atomic mass is 9.85. The summed E-state index contributed by atoms with van der Waals surface area (Å²) < 4.78 is 46.0. The monoisotopic (exact) mass is 427 g/mol. The quantitative estimate of drug-likeness (QED) is 0.724. The number of rotatable bonds is 5. The molecule has 2 amide bonds. The summed E-state index contributed by atoms with van der Waals surface area (Å²) in [6.45, 7) is 0.902. The third-order valence-electron chi connectivity index (χ3n) is 5.66. The summed E-state index contributed by atoms with van der Waals surface area (Å²) >= 11 is -0.955. The van der Waals surface area contributed by atoms with Gasteiger partial charge in [-0.05, 0) is 12.8 Å². The highest BCUT2D eigenvalue weighted by atomic mass is 32.2. The number of carbonyl (C=O) groups excluding carboxylic acids is 2. The summed E-state index contributed by atoms with van der Waals surface area (Å²) in [5.74, 6) is -0.828. The normalized spacial score (nSPS) is 23.1. The standard InChI is InChI=1S/C19H23F2N3O4S/c20-15-8-13(9-16(21)17(15)23-4-6-29(27)7-5-23)24-11-14(28-19(24)26)10-22-18(25)12-2-1-3-12/h8-9,12,14H,1-7,10-11H2,(H,22,25)/t14-/m0/s1. The number of nitrogens with zero attached hydrogens (tertiary/aromatic N) is 2. The van der Waals surface area contributed by atoms with Crippen molar-refractivity contribution in [1.29, 1.82) is 0 Å². The van der Waals surface area contributed by atoms with Gasteiger partial charge in [-0.2, -0.15) is 0 Å². The molecule has 0 spiro atoms. The molecule has 2 aliphatic heterocycles. The Morgan fingerprint density at radius 3 is 2.48 bits per heavy atom. The molecule has 2 saturated heterocycles. The van der Waals surface area contributed by atoms with Gasteiger partial charge in [-0.15, -0.1) is 0 Å². The van der Waals surface area contributed by atoms with Crippen molar-refractivity contribution >= 4 is 34.6 Å². The Morgan fingerprint density at radius 1 is 1.24 bits per heavy atom. The van der Waals surface area contributed by atoms with E-state index in [0.717, 1.165) is 31.4 Å². The van der Waals surface area contributed by atoms with E-state index in [2.05, 4.69) is 5.32 Å². The molecule has 0 bridgehead atoms. The van der Waals surface area contributed by atoms with Crippen molar-refractivity contribution in [3.05, 3.63) is 23.8 Å². The van der Waals surface area contributed by atoms with Gasteiger partial charge in [0.05, 0.1) is 31.9 Å².